The molecule has 0 radical (unpaired) electrons. The van der Waals surface area contributed by atoms with Crippen LogP contribution in [0.25, 0.3) is 20.4 Å². The summed E-state index contributed by atoms with van der Waals surface area (Å²) in [6.07, 6.45) is 0. The molecule has 43 heavy (non-hydrogen) atoms. The summed E-state index contributed by atoms with van der Waals surface area (Å²) in [4.78, 5) is 41.0. The van der Waals surface area contributed by atoms with E-state index in [4.69, 9.17) is 11.5 Å². The van der Waals surface area contributed by atoms with Crippen molar-refractivity contribution in [3.05, 3.63) is 88.0 Å². The third-order valence-electron chi connectivity index (χ3n) is 5.15. The maximum Gasteiger partial charge on any atom is 0.338 e. The molecule has 2 heterocycles. The minimum absolute atomic E-state index is 0. The average Bonchev–Trinajstić information content (AvgIpc) is 3.55. The maximum absolute atomic E-state index is 13.5. The van der Waals surface area contributed by atoms with Gasteiger partial charge in [-0.25, -0.2) is 37.5 Å². The van der Waals surface area contributed by atoms with Crippen molar-refractivity contribution in [3.8, 4) is 0 Å². The Labute approximate surface area is 259 Å². The quantitative estimate of drug-likeness (QED) is 0.0930. The van der Waals surface area contributed by atoms with Crippen LogP contribution >= 0.6 is 38.6 Å². The number of methoxy groups -OCH3 is 3. The molecule has 0 unspecified atom stereocenters. The normalized spacial score (nSPS) is 10.0. The first-order chi connectivity index (χ1) is 19.9. The van der Waals surface area contributed by atoms with E-state index in [2.05, 4.69) is 40.1 Å². The predicted octanol–water partition coefficient (Wildman–Crippen LogP) is 6.43. The second-order valence-electron chi connectivity index (χ2n) is 7.84. The van der Waals surface area contributed by atoms with Crippen molar-refractivity contribution >= 4 is 87.8 Å². The van der Waals surface area contributed by atoms with Gasteiger partial charge in [-0.15, -0.1) is 11.3 Å². The second-order valence-corrected chi connectivity index (χ2v) is 11.2. The van der Waals surface area contributed by atoms with Gasteiger partial charge in [0.05, 0.1) is 53.1 Å². The fourth-order valence-electron chi connectivity index (χ4n) is 3.21. The van der Waals surface area contributed by atoms with E-state index in [1.165, 1.54) is 50.9 Å². The van der Waals surface area contributed by atoms with E-state index >= 15 is 0 Å². The first-order valence-electron chi connectivity index (χ1n) is 11.3. The molecule has 0 saturated carbocycles. The minimum Gasteiger partial charge on any atom is -0.465 e. The third kappa shape index (κ3) is 8.62. The number of aromatic nitrogens is 2. The molecule has 0 saturated heterocycles. The Morgan fingerprint density at radius 3 is 1.63 bits per heavy atom. The Bertz CT molecular complexity index is 1700. The van der Waals surface area contributed by atoms with Gasteiger partial charge in [-0.2, -0.15) is 0 Å². The smallest absolute Gasteiger partial charge is 0.338 e. The number of carbonyl (C=O) groups excluding carboxylic acids is 3. The average molecular weight is 701 g/mol. The van der Waals surface area contributed by atoms with E-state index in [0.717, 1.165) is 29.5 Å². The number of nitrogens with zero attached hydrogens (tertiary/aromatic N) is 2. The summed E-state index contributed by atoms with van der Waals surface area (Å²) in [7, 11) is 3.73. The summed E-state index contributed by atoms with van der Waals surface area (Å²) >= 11 is 5.56. The van der Waals surface area contributed by atoms with E-state index < -0.39 is 35.4 Å². The highest BCUT2D eigenvalue weighted by atomic mass is 79.9. The fraction of sp³-hybridized carbons (Fsp3) is 0.111. The van der Waals surface area contributed by atoms with Crippen molar-refractivity contribution < 1.29 is 41.8 Å². The lowest BCUT2D eigenvalue weighted by molar-refractivity contribution is 0.0591. The van der Waals surface area contributed by atoms with Gasteiger partial charge in [0.15, 0.2) is 20.7 Å². The number of thiazole rings is 2. The van der Waals surface area contributed by atoms with Crippen molar-refractivity contribution in [1.82, 2.24) is 9.97 Å². The van der Waals surface area contributed by atoms with Gasteiger partial charge in [0.1, 0.15) is 16.9 Å². The molecule has 16 heteroatoms. The van der Waals surface area contributed by atoms with Crippen LogP contribution in [0.1, 0.15) is 31.1 Å². The Kier molecular flexibility index (Phi) is 12.4. The van der Waals surface area contributed by atoms with Gasteiger partial charge in [0.25, 0.3) is 0 Å². The monoisotopic (exact) mass is 699 g/mol. The number of rotatable bonds is 3. The molecule has 0 aliphatic carbocycles. The Hall–Kier alpha value is -4.28. The number of anilines is 2. The van der Waals surface area contributed by atoms with Gasteiger partial charge in [0, 0.05) is 0 Å². The molecule has 3 aromatic carbocycles. The lowest BCUT2D eigenvalue weighted by Gasteiger charge is -2.00. The molecule has 0 bridgehead atoms. The Balaban J connectivity index is 0.000000224. The highest BCUT2D eigenvalue weighted by Gasteiger charge is 2.15. The molecule has 2 aromatic heterocycles. The molecule has 228 valence electrons. The van der Waals surface area contributed by atoms with Crippen LogP contribution in [0.5, 0.6) is 0 Å². The number of carbonyl (C=O) groups is 3. The minimum atomic E-state index is -0.613. The molecule has 0 aliphatic rings. The molecule has 5 aromatic rings. The summed E-state index contributed by atoms with van der Waals surface area (Å²) in [6.45, 7) is 0. The van der Waals surface area contributed by atoms with Crippen LogP contribution in [0.4, 0.5) is 24.0 Å². The van der Waals surface area contributed by atoms with Crippen LogP contribution < -0.4 is 11.5 Å². The maximum atomic E-state index is 13.5. The lowest BCUT2D eigenvalue weighted by Crippen LogP contribution is -2.02. The van der Waals surface area contributed by atoms with Gasteiger partial charge in [-0.1, -0.05) is 11.3 Å². The summed E-state index contributed by atoms with van der Waals surface area (Å²) in [6, 6.07) is 9.06. The molecule has 10 nitrogen and oxygen atoms in total. The zero-order valence-corrected chi connectivity index (χ0v) is 26.1. The first-order valence-corrected chi connectivity index (χ1v) is 13.7. The number of hydrogen-bond donors (Lipinski definition) is 2. The highest BCUT2D eigenvalue weighted by Crippen LogP contribution is 2.29. The van der Waals surface area contributed by atoms with E-state index in [9.17, 15) is 27.6 Å². The number of ether oxygens (including phenoxy) is 3. The molecule has 4 N–H and O–H groups in total. The van der Waals surface area contributed by atoms with Crippen molar-refractivity contribution in [2.45, 2.75) is 0 Å². The number of halogens is 4. The number of hydrogen-bond acceptors (Lipinski definition) is 12. The van der Waals surface area contributed by atoms with Crippen LogP contribution in [-0.4, -0.2) is 49.2 Å². The van der Waals surface area contributed by atoms with E-state index in [1.54, 1.807) is 6.07 Å². The molecule has 0 amide bonds. The van der Waals surface area contributed by atoms with Gasteiger partial charge >= 0.3 is 17.9 Å². The fourth-order valence-corrected chi connectivity index (χ4v) is 5.44. The van der Waals surface area contributed by atoms with Gasteiger partial charge in [-0.3, -0.25) is 0 Å². The Morgan fingerprint density at radius 1 is 0.698 bits per heavy atom. The highest BCUT2D eigenvalue weighted by molar-refractivity contribution is 9.11. The second kappa shape index (κ2) is 15.3. The van der Waals surface area contributed by atoms with Gasteiger partial charge < -0.3 is 33.1 Å². The van der Waals surface area contributed by atoms with Crippen LogP contribution in [0.15, 0.2) is 46.4 Å². The summed E-state index contributed by atoms with van der Waals surface area (Å²) < 4.78 is 54.8. The predicted molar refractivity (Wildman–Crippen MR) is 163 cm³/mol. The molecular formula is C27H23BrF3N4O6S2-. The van der Waals surface area contributed by atoms with E-state index in [1.807, 2.05) is 0 Å². The van der Waals surface area contributed by atoms with Crippen molar-refractivity contribution in [2.75, 3.05) is 32.8 Å². The third-order valence-corrected chi connectivity index (χ3v) is 7.44. The number of esters is 3. The van der Waals surface area contributed by atoms with Crippen LogP contribution in [0.3, 0.4) is 0 Å². The van der Waals surface area contributed by atoms with Gasteiger partial charge in [0.2, 0.25) is 0 Å². The molecule has 5 rings (SSSR count). The molecule has 0 fully saturated rings. The van der Waals surface area contributed by atoms with Gasteiger partial charge in [-0.05, 0) is 58.4 Å². The van der Waals surface area contributed by atoms with Crippen LogP contribution in [0.2, 0.25) is 0 Å². The SMILES string of the molecule is COC(=O)c1cc(F)c2nc(Br)sc2c1.COC(=O)c1cc(F)c2nc(N)sc2c1.COC(=O)c1ccc(N)c(F)c1.[CH3-]. The van der Waals surface area contributed by atoms with Crippen LogP contribution in [0, 0.1) is 24.9 Å². The largest absolute Gasteiger partial charge is 0.465 e. The number of benzene rings is 3. The van der Waals surface area contributed by atoms with E-state index in [0.29, 0.717) is 13.3 Å². The summed E-state index contributed by atoms with van der Waals surface area (Å²) in [5.41, 5.74) is 11.6. The summed E-state index contributed by atoms with van der Waals surface area (Å²) in [5.74, 6) is -3.41. The van der Waals surface area contributed by atoms with Crippen molar-refractivity contribution in [3.63, 3.8) is 0 Å². The molecule has 0 aliphatic heterocycles. The standard InChI is InChI=1S/C9H5BrFNO2S.C9H7FN2O2S.C8H8FNO2.CH3/c1-14-8(13)4-2-5(11)7-6(3-4)15-9(10)12-7;1-14-8(13)4-2-5(10)7-6(3-4)15-9(11)12-7;1-12-8(11)5-2-3-7(10)6(9)4-5;/h2-3H,1H3;2-3H,1H3,(H2,11,12);2-4H,10H2,1H3;1H3/q;;;-1. The number of fused-ring (bicyclic) bond motifs is 2. The molecular weight excluding hydrogens is 677 g/mol. The lowest BCUT2D eigenvalue weighted by atomic mass is 10.2. The number of nitrogens with two attached hydrogens (primary N) is 2. The van der Waals surface area contributed by atoms with Crippen molar-refractivity contribution in [2.24, 2.45) is 0 Å². The van der Waals surface area contributed by atoms with Crippen LogP contribution in [-0.2, 0) is 14.2 Å². The summed E-state index contributed by atoms with van der Waals surface area (Å²) in [5, 5.41) is 0.269. The van der Waals surface area contributed by atoms with E-state index in [-0.39, 0.29) is 46.0 Å². The zero-order chi connectivity index (χ0) is 31.1. The topological polar surface area (TPSA) is 157 Å². The molecule has 0 spiro atoms. The van der Waals surface area contributed by atoms with Crippen molar-refractivity contribution in [1.29, 1.82) is 0 Å². The number of nitrogen functional groups attached to an aromatic ring is 2. The molecule has 0 atom stereocenters. The first kappa shape index (κ1) is 34.9. The Morgan fingerprint density at radius 2 is 1.14 bits per heavy atom. The zero-order valence-electron chi connectivity index (χ0n) is 22.9.